The van der Waals surface area contributed by atoms with Crippen molar-refractivity contribution in [2.75, 3.05) is 13.7 Å². The normalized spacial score (nSPS) is 11.8. The third-order valence-corrected chi connectivity index (χ3v) is 4.50. The molecule has 0 aliphatic heterocycles. The maximum Gasteiger partial charge on any atom is 0.406 e. The molecule has 0 unspecified atom stereocenters. The average molecular weight is 415 g/mol. The van der Waals surface area contributed by atoms with Gasteiger partial charge in [0, 0.05) is 0 Å². The minimum atomic E-state index is -4.55. The molecule has 3 rings (SSSR count). The molecule has 0 radical (unpaired) electrons. The molecule has 9 heteroatoms. The molecule has 150 valence electrons. The number of nitrogens with zero attached hydrogens (tertiary/aromatic N) is 2. The SMILES string of the molecule is CCOc1cc(Cn2c(=O)n(CC(F)(F)F)c3c(Cl)cccc32)ccc1OC. The Hall–Kier alpha value is -2.61. The molecular weight excluding hydrogens is 397 g/mol. The lowest BCUT2D eigenvalue weighted by Crippen LogP contribution is -2.30. The zero-order chi connectivity index (χ0) is 20.5. The summed E-state index contributed by atoms with van der Waals surface area (Å²) in [5, 5.41) is 0.0855. The first-order valence-electron chi connectivity index (χ1n) is 8.49. The molecule has 0 saturated heterocycles. The molecule has 0 aliphatic rings. The lowest BCUT2D eigenvalue weighted by Gasteiger charge is -2.11. The third kappa shape index (κ3) is 3.96. The fourth-order valence-electron chi connectivity index (χ4n) is 3.08. The van der Waals surface area contributed by atoms with Gasteiger partial charge in [0.2, 0.25) is 0 Å². The van der Waals surface area contributed by atoms with E-state index in [1.165, 1.54) is 17.7 Å². The van der Waals surface area contributed by atoms with Crippen LogP contribution in [0.5, 0.6) is 11.5 Å². The quantitative estimate of drug-likeness (QED) is 0.597. The molecule has 1 aromatic heterocycles. The van der Waals surface area contributed by atoms with Crippen LogP contribution in [0.25, 0.3) is 11.0 Å². The van der Waals surface area contributed by atoms with E-state index in [0.717, 1.165) is 0 Å². The lowest BCUT2D eigenvalue weighted by atomic mass is 10.2. The van der Waals surface area contributed by atoms with Gasteiger partial charge >= 0.3 is 11.9 Å². The molecule has 0 spiro atoms. The number of hydrogen-bond donors (Lipinski definition) is 0. The first kappa shape index (κ1) is 20.1. The summed E-state index contributed by atoms with van der Waals surface area (Å²) in [6.45, 7) is 0.889. The Balaban J connectivity index is 2.12. The van der Waals surface area contributed by atoms with Gasteiger partial charge < -0.3 is 9.47 Å². The Labute approximate surface area is 163 Å². The van der Waals surface area contributed by atoms with E-state index >= 15 is 0 Å². The van der Waals surface area contributed by atoms with Gasteiger partial charge in [0.05, 0.1) is 36.3 Å². The standard InChI is InChI=1S/C19H18ClF3N2O3/c1-3-28-16-9-12(7-8-15(16)27-2)10-24-14-6-4-5-13(20)17(14)25(18(24)26)11-19(21,22)23/h4-9H,3,10-11H2,1-2H3. The van der Waals surface area contributed by atoms with E-state index in [1.807, 2.05) is 6.92 Å². The zero-order valence-corrected chi connectivity index (χ0v) is 16.0. The van der Waals surface area contributed by atoms with E-state index in [9.17, 15) is 18.0 Å². The Morgan fingerprint density at radius 3 is 2.50 bits per heavy atom. The van der Waals surface area contributed by atoms with Crippen LogP contribution in [0, 0.1) is 0 Å². The second-order valence-corrected chi connectivity index (χ2v) is 6.50. The molecule has 5 nitrogen and oxygen atoms in total. The van der Waals surface area contributed by atoms with Crippen molar-refractivity contribution >= 4 is 22.6 Å². The van der Waals surface area contributed by atoms with Crippen LogP contribution in [0.1, 0.15) is 12.5 Å². The highest BCUT2D eigenvalue weighted by Gasteiger charge is 2.31. The highest BCUT2D eigenvalue weighted by atomic mass is 35.5. The number of rotatable bonds is 6. The molecule has 2 aromatic carbocycles. The van der Waals surface area contributed by atoms with Crippen LogP contribution in [0.15, 0.2) is 41.2 Å². The summed E-state index contributed by atoms with van der Waals surface area (Å²) in [4.78, 5) is 12.8. The highest BCUT2D eigenvalue weighted by molar-refractivity contribution is 6.35. The highest BCUT2D eigenvalue weighted by Crippen LogP contribution is 2.30. The first-order chi connectivity index (χ1) is 13.2. The van der Waals surface area contributed by atoms with E-state index in [4.69, 9.17) is 21.1 Å². The molecule has 3 aromatic rings. The van der Waals surface area contributed by atoms with Crippen LogP contribution in [0.3, 0.4) is 0 Å². The van der Waals surface area contributed by atoms with E-state index in [1.54, 1.807) is 30.3 Å². The number of fused-ring (bicyclic) bond motifs is 1. The Morgan fingerprint density at radius 1 is 1.11 bits per heavy atom. The number of benzene rings is 2. The average Bonchev–Trinajstić information content (AvgIpc) is 2.88. The van der Waals surface area contributed by atoms with Crippen molar-refractivity contribution in [2.45, 2.75) is 26.2 Å². The summed E-state index contributed by atoms with van der Waals surface area (Å²) in [6, 6.07) is 9.74. The van der Waals surface area contributed by atoms with Gasteiger partial charge in [-0.15, -0.1) is 0 Å². The van der Waals surface area contributed by atoms with Crippen LogP contribution >= 0.6 is 11.6 Å². The van der Waals surface area contributed by atoms with Gasteiger partial charge in [-0.05, 0) is 36.8 Å². The maximum atomic E-state index is 13.0. The molecule has 1 heterocycles. The van der Waals surface area contributed by atoms with Crippen molar-refractivity contribution in [1.82, 2.24) is 9.13 Å². The smallest absolute Gasteiger partial charge is 0.406 e. The molecule has 0 bridgehead atoms. The predicted octanol–water partition coefficient (Wildman–Crippen LogP) is 4.47. The fourth-order valence-corrected chi connectivity index (χ4v) is 3.35. The van der Waals surface area contributed by atoms with Crippen LogP contribution in [-0.4, -0.2) is 29.0 Å². The van der Waals surface area contributed by atoms with Gasteiger partial charge in [-0.1, -0.05) is 23.7 Å². The number of halogens is 4. The van der Waals surface area contributed by atoms with Crippen LogP contribution in [0.2, 0.25) is 5.02 Å². The second kappa shape index (κ2) is 7.79. The first-order valence-corrected chi connectivity index (χ1v) is 8.87. The Kier molecular flexibility index (Phi) is 5.60. The Morgan fingerprint density at radius 2 is 1.86 bits per heavy atom. The number of para-hydroxylation sites is 1. The van der Waals surface area contributed by atoms with E-state index < -0.39 is 18.4 Å². The number of ether oxygens (including phenoxy) is 2. The van der Waals surface area contributed by atoms with E-state index in [0.29, 0.717) is 33.8 Å². The topological polar surface area (TPSA) is 45.4 Å². The summed E-state index contributed by atoms with van der Waals surface area (Å²) in [5.41, 5.74) is 0.284. The number of hydrogen-bond acceptors (Lipinski definition) is 3. The molecule has 28 heavy (non-hydrogen) atoms. The summed E-state index contributed by atoms with van der Waals surface area (Å²) in [7, 11) is 1.51. The third-order valence-electron chi connectivity index (χ3n) is 4.19. The van der Waals surface area contributed by atoms with Gasteiger partial charge in [-0.2, -0.15) is 13.2 Å². The van der Waals surface area contributed by atoms with E-state index in [2.05, 4.69) is 0 Å². The van der Waals surface area contributed by atoms with Crippen LogP contribution in [0.4, 0.5) is 13.2 Å². The van der Waals surface area contributed by atoms with Crippen molar-refractivity contribution in [3.63, 3.8) is 0 Å². The van der Waals surface area contributed by atoms with Crippen molar-refractivity contribution in [3.05, 3.63) is 57.5 Å². The lowest BCUT2D eigenvalue weighted by molar-refractivity contribution is -0.140. The van der Waals surface area contributed by atoms with Gasteiger partial charge in [0.15, 0.2) is 11.5 Å². The molecule has 0 N–H and O–H groups in total. The number of methoxy groups -OCH3 is 1. The molecular formula is C19H18ClF3N2O3. The monoisotopic (exact) mass is 414 g/mol. The predicted molar refractivity (Wildman–Crippen MR) is 101 cm³/mol. The molecule has 0 fully saturated rings. The van der Waals surface area contributed by atoms with E-state index in [-0.39, 0.29) is 17.1 Å². The van der Waals surface area contributed by atoms with Crippen molar-refractivity contribution in [2.24, 2.45) is 0 Å². The fraction of sp³-hybridized carbons (Fsp3) is 0.316. The van der Waals surface area contributed by atoms with Crippen LogP contribution in [-0.2, 0) is 13.1 Å². The summed E-state index contributed by atoms with van der Waals surface area (Å²) in [6.07, 6.45) is -4.55. The molecule has 0 aliphatic carbocycles. The minimum Gasteiger partial charge on any atom is -0.493 e. The van der Waals surface area contributed by atoms with Crippen molar-refractivity contribution in [3.8, 4) is 11.5 Å². The number of aromatic nitrogens is 2. The van der Waals surface area contributed by atoms with Crippen LogP contribution < -0.4 is 15.2 Å². The molecule has 0 atom stereocenters. The summed E-state index contributed by atoms with van der Waals surface area (Å²) >= 11 is 6.11. The number of alkyl halides is 3. The van der Waals surface area contributed by atoms with Gasteiger partial charge in [-0.3, -0.25) is 9.13 Å². The summed E-state index contributed by atoms with van der Waals surface area (Å²) < 4.78 is 51.7. The van der Waals surface area contributed by atoms with Gasteiger partial charge in [0.25, 0.3) is 0 Å². The number of imidazole rings is 1. The molecule has 0 amide bonds. The minimum absolute atomic E-state index is 0.0601. The van der Waals surface area contributed by atoms with Gasteiger partial charge in [0.1, 0.15) is 6.54 Å². The zero-order valence-electron chi connectivity index (χ0n) is 15.2. The van der Waals surface area contributed by atoms with Crippen molar-refractivity contribution in [1.29, 1.82) is 0 Å². The molecule has 0 saturated carbocycles. The van der Waals surface area contributed by atoms with Gasteiger partial charge in [-0.25, -0.2) is 4.79 Å². The van der Waals surface area contributed by atoms with Crippen molar-refractivity contribution < 1.29 is 22.6 Å². The summed E-state index contributed by atoms with van der Waals surface area (Å²) in [5.74, 6) is 1.02. The maximum absolute atomic E-state index is 13.0. The Bertz CT molecular complexity index is 1060. The largest absolute Gasteiger partial charge is 0.493 e. The second-order valence-electron chi connectivity index (χ2n) is 6.10.